The number of fused-ring (bicyclic) bond motifs is 1. The molecule has 0 N–H and O–H groups in total. The molecule has 0 spiro atoms. The lowest BCUT2D eigenvalue weighted by molar-refractivity contribution is -0.131. The average molecular weight is 423 g/mol. The van der Waals surface area contributed by atoms with E-state index in [-0.39, 0.29) is 5.56 Å². The molecule has 0 radical (unpaired) electrons. The topological polar surface area (TPSA) is 92.0 Å². The minimum Gasteiger partial charge on any atom is -0.493 e. The van der Waals surface area contributed by atoms with Crippen LogP contribution in [0.15, 0.2) is 47.3 Å². The van der Waals surface area contributed by atoms with E-state index in [1.54, 1.807) is 56.7 Å². The second-order valence-electron chi connectivity index (χ2n) is 6.25. The Bertz CT molecular complexity index is 1360. The van der Waals surface area contributed by atoms with Crippen molar-refractivity contribution in [2.24, 2.45) is 0 Å². The van der Waals surface area contributed by atoms with Gasteiger partial charge in [-0.1, -0.05) is 29.5 Å². The van der Waals surface area contributed by atoms with Gasteiger partial charge in [-0.25, -0.2) is 0 Å². The van der Waals surface area contributed by atoms with E-state index < -0.39 is 5.97 Å². The summed E-state index contributed by atoms with van der Waals surface area (Å²) in [5.41, 5.74) is 1.04. The lowest BCUT2D eigenvalue weighted by Gasteiger charge is -2.07. The maximum absolute atomic E-state index is 12.8. The zero-order chi connectivity index (χ0) is 21.3. The SMILES string of the molecule is COc1ccc(/C=c2\sc3nc(-c4ccccc4OC(C)=O)nn3c2=O)cc1OC. The molecule has 2 aromatic heterocycles. The van der Waals surface area contributed by atoms with E-state index >= 15 is 0 Å². The van der Waals surface area contributed by atoms with E-state index in [1.807, 2.05) is 6.07 Å². The van der Waals surface area contributed by atoms with E-state index in [2.05, 4.69) is 10.1 Å². The molecule has 2 heterocycles. The molecule has 152 valence electrons. The van der Waals surface area contributed by atoms with Crippen molar-refractivity contribution in [1.82, 2.24) is 14.6 Å². The summed E-state index contributed by atoms with van der Waals surface area (Å²) in [5.74, 6) is 1.39. The van der Waals surface area contributed by atoms with Crippen molar-refractivity contribution < 1.29 is 19.0 Å². The Balaban J connectivity index is 1.77. The molecule has 0 unspecified atom stereocenters. The highest BCUT2D eigenvalue weighted by atomic mass is 32.1. The Morgan fingerprint density at radius 1 is 1.07 bits per heavy atom. The molecule has 4 rings (SSSR count). The smallest absolute Gasteiger partial charge is 0.308 e. The summed E-state index contributed by atoms with van der Waals surface area (Å²) in [6, 6.07) is 12.3. The number of hydrogen-bond acceptors (Lipinski definition) is 8. The maximum Gasteiger partial charge on any atom is 0.308 e. The highest BCUT2D eigenvalue weighted by Gasteiger charge is 2.16. The largest absolute Gasteiger partial charge is 0.493 e. The van der Waals surface area contributed by atoms with Crippen LogP contribution in [0.1, 0.15) is 12.5 Å². The van der Waals surface area contributed by atoms with Crippen LogP contribution in [0.5, 0.6) is 17.2 Å². The number of benzene rings is 2. The summed E-state index contributed by atoms with van der Waals surface area (Å²) in [6.07, 6.45) is 1.75. The van der Waals surface area contributed by atoms with E-state index in [4.69, 9.17) is 14.2 Å². The van der Waals surface area contributed by atoms with Crippen LogP contribution in [0.4, 0.5) is 0 Å². The van der Waals surface area contributed by atoms with Crippen molar-refractivity contribution in [2.45, 2.75) is 6.92 Å². The van der Waals surface area contributed by atoms with Gasteiger partial charge in [-0.05, 0) is 35.9 Å². The fourth-order valence-corrected chi connectivity index (χ4v) is 3.84. The van der Waals surface area contributed by atoms with Gasteiger partial charge in [0.1, 0.15) is 5.75 Å². The summed E-state index contributed by atoms with van der Waals surface area (Å²) >= 11 is 1.22. The van der Waals surface area contributed by atoms with Gasteiger partial charge in [0.05, 0.1) is 24.3 Å². The molecular formula is C21H17N3O5S. The minimum absolute atomic E-state index is 0.284. The lowest BCUT2D eigenvalue weighted by Crippen LogP contribution is -2.23. The number of hydrogen-bond donors (Lipinski definition) is 0. The van der Waals surface area contributed by atoms with E-state index in [1.165, 1.54) is 22.8 Å². The summed E-state index contributed by atoms with van der Waals surface area (Å²) in [5, 5.41) is 4.32. The van der Waals surface area contributed by atoms with Crippen molar-refractivity contribution in [2.75, 3.05) is 14.2 Å². The van der Waals surface area contributed by atoms with Gasteiger partial charge >= 0.3 is 5.97 Å². The van der Waals surface area contributed by atoms with Gasteiger partial charge in [0, 0.05) is 6.92 Å². The van der Waals surface area contributed by atoms with Crippen LogP contribution in [0, 0.1) is 0 Å². The summed E-state index contributed by atoms with van der Waals surface area (Å²) < 4.78 is 17.5. The standard InChI is InChI=1S/C21H17N3O5S/c1-12(25)29-15-7-5-4-6-14(15)19-22-21-24(23-19)20(26)18(30-21)11-13-8-9-16(27-2)17(10-13)28-3/h4-11H,1-3H3/b18-11-. The lowest BCUT2D eigenvalue weighted by atomic mass is 10.2. The van der Waals surface area contributed by atoms with Crippen LogP contribution in [0.25, 0.3) is 22.4 Å². The Labute approximate surface area is 175 Å². The molecule has 0 aliphatic rings. The van der Waals surface area contributed by atoms with Crippen LogP contribution < -0.4 is 24.3 Å². The van der Waals surface area contributed by atoms with Gasteiger partial charge in [0.25, 0.3) is 5.56 Å². The van der Waals surface area contributed by atoms with E-state index in [0.29, 0.717) is 38.1 Å². The molecule has 0 saturated carbocycles. The number of esters is 1. The zero-order valence-electron chi connectivity index (χ0n) is 16.4. The number of rotatable bonds is 5. The van der Waals surface area contributed by atoms with Crippen molar-refractivity contribution in [3.63, 3.8) is 0 Å². The monoisotopic (exact) mass is 423 g/mol. The molecular weight excluding hydrogens is 406 g/mol. The third kappa shape index (κ3) is 3.62. The number of carbonyl (C=O) groups excluding carboxylic acids is 1. The molecule has 0 atom stereocenters. The minimum atomic E-state index is -0.445. The molecule has 0 saturated heterocycles. The predicted molar refractivity (Wildman–Crippen MR) is 112 cm³/mol. The molecule has 30 heavy (non-hydrogen) atoms. The third-order valence-electron chi connectivity index (χ3n) is 4.27. The molecule has 0 amide bonds. The first kappa shape index (κ1) is 19.6. The summed E-state index contributed by atoms with van der Waals surface area (Å²) in [6.45, 7) is 1.32. The molecule has 0 bridgehead atoms. The quantitative estimate of drug-likeness (QED) is 0.359. The second-order valence-corrected chi connectivity index (χ2v) is 7.26. The van der Waals surface area contributed by atoms with Crippen LogP contribution in [0.3, 0.4) is 0 Å². The van der Waals surface area contributed by atoms with Crippen molar-refractivity contribution >= 4 is 28.3 Å². The molecule has 0 aliphatic heterocycles. The van der Waals surface area contributed by atoms with Crippen LogP contribution in [0.2, 0.25) is 0 Å². The van der Waals surface area contributed by atoms with Crippen LogP contribution in [-0.4, -0.2) is 34.8 Å². The number of aromatic nitrogens is 3. The van der Waals surface area contributed by atoms with Gasteiger partial charge < -0.3 is 14.2 Å². The second kappa shape index (κ2) is 7.96. The Morgan fingerprint density at radius 3 is 2.53 bits per heavy atom. The van der Waals surface area contributed by atoms with Crippen molar-refractivity contribution in [3.05, 3.63) is 62.9 Å². The van der Waals surface area contributed by atoms with Gasteiger partial charge in [-0.15, -0.1) is 5.10 Å². The van der Waals surface area contributed by atoms with Gasteiger partial charge in [0.2, 0.25) is 4.96 Å². The number of nitrogens with zero attached hydrogens (tertiary/aromatic N) is 3. The first-order chi connectivity index (χ1) is 14.5. The van der Waals surface area contributed by atoms with Crippen molar-refractivity contribution in [3.8, 4) is 28.6 Å². The Kier molecular flexibility index (Phi) is 5.20. The molecule has 0 fully saturated rings. The van der Waals surface area contributed by atoms with Crippen LogP contribution in [-0.2, 0) is 4.79 Å². The maximum atomic E-state index is 12.8. The number of para-hydroxylation sites is 1. The molecule has 0 aliphatic carbocycles. The van der Waals surface area contributed by atoms with Gasteiger partial charge in [0.15, 0.2) is 17.3 Å². The highest BCUT2D eigenvalue weighted by Crippen LogP contribution is 2.29. The number of thiazole rings is 1. The molecule has 4 aromatic rings. The van der Waals surface area contributed by atoms with Crippen molar-refractivity contribution in [1.29, 1.82) is 0 Å². The number of carbonyl (C=O) groups is 1. The Morgan fingerprint density at radius 2 is 1.83 bits per heavy atom. The van der Waals surface area contributed by atoms with E-state index in [0.717, 1.165) is 5.56 Å². The first-order valence-electron chi connectivity index (χ1n) is 8.91. The average Bonchev–Trinajstić information content (AvgIpc) is 3.27. The molecule has 2 aromatic carbocycles. The molecule has 9 heteroatoms. The normalized spacial score (nSPS) is 11.6. The number of ether oxygens (including phenoxy) is 3. The Hall–Kier alpha value is -3.72. The van der Waals surface area contributed by atoms with Gasteiger partial charge in [-0.3, -0.25) is 9.59 Å². The molecule has 8 nitrogen and oxygen atoms in total. The highest BCUT2D eigenvalue weighted by molar-refractivity contribution is 7.15. The fourth-order valence-electron chi connectivity index (χ4n) is 2.94. The summed E-state index contributed by atoms with van der Waals surface area (Å²) in [7, 11) is 3.12. The first-order valence-corrected chi connectivity index (χ1v) is 9.73. The third-order valence-corrected chi connectivity index (χ3v) is 5.23. The predicted octanol–water partition coefficient (Wildman–Crippen LogP) is 2.31. The summed E-state index contributed by atoms with van der Waals surface area (Å²) in [4.78, 5) is 29.0. The van der Waals surface area contributed by atoms with Gasteiger partial charge in [-0.2, -0.15) is 9.50 Å². The fraction of sp³-hybridized carbons (Fsp3) is 0.143. The zero-order valence-corrected chi connectivity index (χ0v) is 17.2. The van der Waals surface area contributed by atoms with Crippen LogP contribution >= 0.6 is 11.3 Å². The van der Waals surface area contributed by atoms with E-state index in [9.17, 15) is 9.59 Å². The number of methoxy groups -OCH3 is 2.